The highest BCUT2D eigenvalue weighted by atomic mass is 19.4. The molecule has 15 heteroatoms. The monoisotopic (exact) mass is 503 g/mol. The number of carbonyl (C=O) groups is 3. The molecule has 0 aliphatic carbocycles. The van der Waals surface area contributed by atoms with Gasteiger partial charge in [0.15, 0.2) is 0 Å². The van der Waals surface area contributed by atoms with Gasteiger partial charge in [-0.1, -0.05) is 6.07 Å². The molecular formula is C19H23F6N3O6. The zero-order valence-electron chi connectivity index (χ0n) is 17.5. The molecule has 192 valence electrons. The molecule has 3 atom stereocenters. The van der Waals surface area contributed by atoms with Gasteiger partial charge in [0.1, 0.15) is 0 Å². The van der Waals surface area contributed by atoms with Crippen LogP contribution in [-0.2, 0) is 25.7 Å². The van der Waals surface area contributed by atoms with Gasteiger partial charge in [0, 0.05) is 31.4 Å². The second-order valence-electron chi connectivity index (χ2n) is 7.24. The quantitative estimate of drug-likeness (QED) is 0.458. The highest BCUT2D eigenvalue weighted by Crippen LogP contribution is 2.33. The van der Waals surface area contributed by atoms with Crippen molar-refractivity contribution in [3.05, 3.63) is 30.1 Å². The Labute approximate surface area is 189 Å². The van der Waals surface area contributed by atoms with E-state index in [0.717, 1.165) is 31.7 Å². The van der Waals surface area contributed by atoms with Gasteiger partial charge in [0.05, 0.1) is 19.1 Å². The summed E-state index contributed by atoms with van der Waals surface area (Å²) in [5.41, 5.74) is 1.02. The predicted molar refractivity (Wildman–Crippen MR) is 102 cm³/mol. The molecule has 2 saturated heterocycles. The molecule has 0 bridgehead atoms. The van der Waals surface area contributed by atoms with Crippen LogP contribution in [0.1, 0.15) is 18.4 Å². The van der Waals surface area contributed by atoms with Crippen LogP contribution in [0.15, 0.2) is 24.5 Å². The van der Waals surface area contributed by atoms with Crippen molar-refractivity contribution in [2.75, 3.05) is 19.7 Å². The van der Waals surface area contributed by atoms with Gasteiger partial charge in [-0.05, 0) is 30.5 Å². The number of alkyl halides is 6. The minimum atomic E-state index is -5.08. The highest BCUT2D eigenvalue weighted by molar-refractivity contribution is 5.76. The molecule has 0 radical (unpaired) electrons. The van der Waals surface area contributed by atoms with Gasteiger partial charge in [-0.3, -0.25) is 9.78 Å². The minimum absolute atomic E-state index is 0.0676. The summed E-state index contributed by atoms with van der Waals surface area (Å²) in [7, 11) is 0. The standard InChI is InChI=1S/C15H21N3O2.2C2HF3O2/c19-15(18-8-11-2-1-4-16-7-11)6-14-13-3-5-17-9-12(13)10-20-14;2*3-2(4,5)1(6)7/h1-2,4,7,12-14,17H,3,5-6,8-10H2,(H,18,19);2*(H,6,7)/t12-,13-,14+;;/m1../s1. The van der Waals surface area contributed by atoms with E-state index >= 15 is 0 Å². The normalized spacial score (nSPS) is 21.6. The van der Waals surface area contributed by atoms with Crippen LogP contribution < -0.4 is 10.6 Å². The Morgan fingerprint density at radius 2 is 1.71 bits per heavy atom. The molecule has 2 fully saturated rings. The lowest BCUT2D eigenvalue weighted by Gasteiger charge is -2.27. The Balaban J connectivity index is 0.000000343. The molecule has 1 aromatic rings. The van der Waals surface area contributed by atoms with E-state index in [2.05, 4.69) is 15.6 Å². The van der Waals surface area contributed by atoms with Gasteiger partial charge in [0.2, 0.25) is 5.91 Å². The third-order valence-corrected chi connectivity index (χ3v) is 4.75. The summed E-state index contributed by atoms with van der Waals surface area (Å²) in [5.74, 6) is -4.32. The van der Waals surface area contributed by atoms with E-state index in [1.165, 1.54) is 0 Å². The first-order chi connectivity index (χ1) is 15.7. The number of amides is 1. The highest BCUT2D eigenvalue weighted by Gasteiger charge is 2.40. The fraction of sp³-hybridized carbons (Fsp3) is 0.579. The molecule has 34 heavy (non-hydrogen) atoms. The SMILES string of the molecule is O=C(C[C@@H]1OC[C@H]2CNCC[C@H]21)NCc1cccnc1.O=C(O)C(F)(F)F.O=C(O)C(F)(F)F. The maximum atomic E-state index is 12.0. The number of carbonyl (C=O) groups excluding carboxylic acids is 1. The third kappa shape index (κ3) is 10.8. The van der Waals surface area contributed by atoms with Crippen molar-refractivity contribution in [3.63, 3.8) is 0 Å². The second-order valence-corrected chi connectivity index (χ2v) is 7.24. The lowest BCUT2D eigenvalue weighted by Crippen LogP contribution is -2.39. The zero-order chi connectivity index (χ0) is 25.9. The van der Waals surface area contributed by atoms with Gasteiger partial charge >= 0.3 is 24.3 Å². The van der Waals surface area contributed by atoms with Crippen LogP contribution in [0.4, 0.5) is 26.3 Å². The van der Waals surface area contributed by atoms with Crippen molar-refractivity contribution in [1.29, 1.82) is 0 Å². The number of nitrogens with zero attached hydrogens (tertiary/aromatic N) is 1. The number of nitrogens with one attached hydrogen (secondary N) is 2. The number of hydrogen-bond acceptors (Lipinski definition) is 6. The maximum Gasteiger partial charge on any atom is 0.490 e. The Hall–Kier alpha value is -2.94. The first-order valence-corrected chi connectivity index (χ1v) is 9.80. The van der Waals surface area contributed by atoms with Crippen molar-refractivity contribution in [3.8, 4) is 0 Å². The summed E-state index contributed by atoms with van der Waals surface area (Å²) >= 11 is 0. The summed E-state index contributed by atoms with van der Waals surface area (Å²) in [6.07, 6.45) is -4.98. The Morgan fingerprint density at radius 3 is 2.21 bits per heavy atom. The van der Waals surface area contributed by atoms with E-state index < -0.39 is 24.3 Å². The van der Waals surface area contributed by atoms with Gasteiger partial charge in [-0.2, -0.15) is 26.3 Å². The largest absolute Gasteiger partial charge is 0.490 e. The summed E-state index contributed by atoms with van der Waals surface area (Å²) in [6, 6.07) is 3.84. The lowest BCUT2D eigenvalue weighted by molar-refractivity contribution is -0.193. The number of piperidine rings is 1. The lowest BCUT2D eigenvalue weighted by atomic mass is 9.84. The van der Waals surface area contributed by atoms with E-state index in [0.29, 0.717) is 24.8 Å². The van der Waals surface area contributed by atoms with Crippen molar-refractivity contribution in [1.82, 2.24) is 15.6 Å². The maximum absolute atomic E-state index is 12.0. The van der Waals surface area contributed by atoms with E-state index in [1.807, 2.05) is 12.1 Å². The van der Waals surface area contributed by atoms with E-state index in [1.54, 1.807) is 12.4 Å². The van der Waals surface area contributed by atoms with E-state index in [4.69, 9.17) is 24.5 Å². The van der Waals surface area contributed by atoms with Crippen LogP contribution in [0.25, 0.3) is 0 Å². The number of ether oxygens (including phenoxy) is 1. The average Bonchev–Trinajstić information content (AvgIpc) is 3.15. The van der Waals surface area contributed by atoms with Crippen LogP contribution in [0.3, 0.4) is 0 Å². The summed E-state index contributed by atoms with van der Waals surface area (Å²) in [6.45, 7) is 3.39. The molecule has 0 unspecified atom stereocenters. The van der Waals surface area contributed by atoms with E-state index in [9.17, 15) is 31.1 Å². The number of halogens is 6. The molecule has 2 aliphatic heterocycles. The number of carboxylic acids is 2. The molecule has 0 spiro atoms. The fourth-order valence-corrected chi connectivity index (χ4v) is 3.15. The van der Waals surface area contributed by atoms with Crippen LogP contribution in [0.5, 0.6) is 0 Å². The first-order valence-electron chi connectivity index (χ1n) is 9.80. The zero-order valence-corrected chi connectivity index (χ0v) is 17.5. The Bertz CT molecular complexity index is 782. The predicted octanol–water partition coefficient (Wildman–Crippen LogP) is 1.98. The van der Waals surface area contributed by atoms with Crippen molar-refractivity contribution in [2.45, 2.75) is 37.8 Å². The summed E-state index contributed by atoms with van der Waals surface area (Å²) in [4.78, 5) is 33.8. The molecule has 3 heterocycles. The van der Waals surface area contributed by atoms with Crippen molar-refractivity contribution in [2.24, 2.45) is 11.8 Å². The van der Waals surface area contributed by atoms with Crippen molar-refractivity contribution >= 4 is 17.8 Å². The number of hydrogen-bond donors (Lipinski definition) is 4. The molecule has 2 aliphatic rings. The van der Waals surface area contributed by atoms with Gasteiger partial charge in [-0.15, -0.1) is 0 Å². The smallest absolute Gasteiger partial charge is 0.475 e. The van der Waals surface area contributed by atoms with Crippen LogP contribution in [-0.4, -0.2) is 71.2 Å². The molecule has 9 nitrogen and oxygen atoms in total. The molecule has 1 amide bonds. The average molecular weight is 503 g/mol. The number of aromatic nitrogens is 1. The molecule has 0 aromatic carbocycles. The molecule has 4 N–H and O–H groups in total. The first kappa shape index (κ1) is 29.1. The summed E-state index contributed by atoms with van der Waals surface area (Å²) in [5, 5.41) is 20.6. The molecule has 1 aromatic heterocycles. The topological polar surface area (TPSA) is 138 Å². The molecule has 3 rings (SSSR count). The molecular weight excluding hydrogens is 480 g/mol. The van der Waals surface area contributed by atoms with Crippen LogP contribution >= 0.6 is 0 Å². The summed E-state index contributed by atoms with van der Waals surface area (Å²) < 4.78 is 69.3. The molecule has 0 saturated carbocycles. The second kappa shape index (κ2) is 13.1. The number of pyridine rings is 1. The Morgan fingerprint density at radius 1 is 1.12 bits per heavy atom. The fourth-order valence-electron chi connectivity index (χ4n) is 3.15. The Kier molecular flexibility index (Phi) is 11.2. The minimum Gasteiger partial charge on any atom is -0.475 e. The number of carboxylic acid groups (broad SMARTS) is 2. The third-order valence-electron chi connectivity index (χ3n) is 4.75. The number of aliphatic carboxylic acids is 2. The van der Waals surface area contributed by atoms with Gasteiger partial charge in [-0.25, -0.2) is 9.59 Å². The van der Waals surface area contributed by atoms with Gasteiger partial charge in [0.25, 0.3) is 0 Å². The number of rotatable bonds is 4. The number of fused-ring (bicyclic) bond motifs is 1. The van der Waals surface area contributed by atoms with Crippen LogP contribution in [0, 0.1) is 11.8 Å². The van der Waals surface area contributed by atoms with Gasteiger partial charge < -0.3 is 25.6 Å². The van der Waals surface area contributed by atoms with E-state index in [-0.39, 0.29) is 12.0 Å². The van der Waals surface area contributed by atoms with Crippen LogP contribution in [0.2, 0.25) is 0 Å². The van der Waals surface area contributed by atoms with Crippen molar-refractivity contribution < 1.29 is 55.7 Å².